The van der Waals surface area contributed by atoms with Crippen molar-refractivity contribution in [2.45, 2.75) is 57.3 Å². The third-order valence-electron chi connectivity index (χ3n) is 3.11. The summed E-state index contributed by atoms with van der Waals surface area (Å²) in [6, 6.07) is 0. The maximum atomic E-state index is 9.36. The third-order valence-corrected chi connectivity index (χ3v) is 3.11. The Morgan fingerprint density at radius 3 is 2.54 bits per heavy atom. The monoisotopic (exact) mass is 187 g/mol. The summed E-state index contributed by atoms with van der Waals surface area (Å²) in [6.45, 7) is 4.72. The average molecular weight is 187 g/mol. The Bertz CT molecular complexity index is 153. The summed E-state index contributed by atoms with van der Waals surface area (Å²) in [5, 5.41) is 9.36. The number of ether oxygens (including phenoxy) is 1. The van der Waals surface area contributed by atoms with Crippen molar-refractivity contribution in [2.75, 3.05) is 6.61 Å². The van der Waals surface area contributed by atoms with Gasteiger partial charge in [-0.1, -0.05) is 0 Å². The van der Waals surface area contributed by atoms with E-state index in [-0.39, 0.29) is 17.7 Å². The summed E-state index contributed by atoms with van der Waals surface area (Å²) in [7, 11) is 0. The molecule has 1 aliphatic rings. The zero-order valence-corrected chi connectivity index (χ0v) is 8.62. The van der Waals surface area contributed by atoms with E-state index in [4.69, 9.17) is 10.5 Å². The molecule has 0 saturated heterocycles. The minimum absolute atomic E-state index is 0.102. The van der Waals surface area contributed by atoms with E-state index in [9.17, 15) is 5.11 Å². The molecule has 0 aliphatic heterocycles. The molecule has 1 saturated carbocycles. The first kappa shape index (κ1) is 11.0. The highest BCUT2D eigenvalue weighted by molar-refractivity contribution is 4.94. The number of hydrogen-bond donors (Lipinski definition) is 2. The Balaban J connectivity index is 2.46. The first-order chi connectivity index (χ1) is 6.08. The second kappa shape index (κ2) is 4.40. The van der Waals surface area contributed by atoms with Crippen molar-refractivity contribution in [3.63, 3.8) is 0 Å². The van der Waals surface area contributed by atoms with Crippen LogP contribution in [0.5, 0.6) is 0 Å². The highest BCUT2D eigenvalue weighted by atomic mass is 16.5. The number of hydrogen-bond acceptors (Lipinski definition) is 3. The predicted molar refractivity (Wildman–Crippen MR) is 52.5 cm³/mol. The molecular weight excluding hydrogens is 166 g/mol. The van der Waals surface area contributed by atoms with E-state index in [1.54, 1.807) is 0 Å². The van der Waals surface area contributed by atoms with Crippen LogP contribution in [0.4, 0.5) is 0 Å². The van der Waals surface area contributed by atoms with Crippen molar-refractivity contribution < 1.29 is 9.84 Å². The van der Waals surface area contributed by atoms with Crippen LogP contribution in [0.3, 0.4) is 0 Å². The van der Waals surface area contributed by atoms with E-state index in [0.29, 0.717) is 6.61 Å². The SMILES string of the molecule is CCOC(C)C1(N)CCC(O)CC1. The molecule has 3 nitrogen and oxygen atoms in total. The van der Waals surface area contributed by atoms with Crippen LogP contribution in [-0.2, 0) is 4.74 Å². The fourth-order valence-electron chi connectivity index (χ4n) is 1.96. The molecule has 3 heteroatoms. The molecule has 0 radical (unpaired) electrons. The van der Waals surface area contributed by atoms with E-state index >= 15 is 0 Å². The van der Waals surface area contributed by atoms with Gasteiger partial charge in [0.25, 0.3) is 0 Å². The Hall–Kier alpha value is -0.120. The summed E-state index contributed by atoms with van der Waals surface area (Å²) in [6.07, 6.45) is 3.32. The van der Waals surface area contributed by atoms with Gasteiger partial charge in [-0.25, -0.2) is 0 Å². The van der Waals surface area contributed by atoms with Gasteiger partial charge >= 0.3 is 0 Å². The maximum Gasteiger partial charge on any atom is 0.0726 e. The Labute approximate surface area is 80.3 Å². The molecule has 0 aromatic carbocycles. The molecule has 0 bridgehead atoms. The highest BCUT2D eigenvalue weighted by Gasteiger charge is 2.36. The van der Waals surface area contributed by atoms with Gasteiger partial charge < -0.3 is 15.6 Å². The molecule has 0 spiro atoms. The summed E-state index contributed by atoms with van der Waals surface area (Å²) in [5.41, 5.74) is 6.00. The van der Waals surface area contributed by atoms with Crippen LogP contribution in [0, 0.1) is 0 Å². The number of nitrogens with two attached hydrogens (primary N) is 1. The molecular formula is C10H21NO2. The van der Waals surface area contributed by atoms with Crippen molar-refractivity contribution in [1.29, 1.82) is 0 Å². The van der Waals surface area contributed by atoms with Gasteiger partial charge in [0, 0.05) is 12.1 Å². The average Bonchev–Trinajstić information content (AvgIpc) is 2.11. The normalized spacial score (nSPS) is 37.4. The molecule has 1 fully saturated rings. The first-order valence-corrected chi connectivity index (χ1v) is 5.17. The standard InChI is InChI=1S/C10H21NO2/c1-3-13-8(2)10(11)6-4-9(12)5-7-10/h8-9,12H,3-7,11H2,1-2H3. The topological polar surface area (TPSA) is 55.5 Å². The molecule has 78 valence electrons. The molecule has 0 amide bonds. The zero-order chi connectivity index (χ0) is 9.90. The van der Waals surface area contributed by atoms with Gasteiger partial charge in [-0.05, 0) is 39.5 Å². The molecule has 1 rings (SSSR count). The second-order valence-electron chi connectivity index (χ2n) is 4.06. The molecule has 3 N–H and O–H groups in total. The molecule has 1 atom stereocenters. The minimum Gasteiger partial charge on any atom is -0.393 e. The maximum absolute atomic E-state index is 9.36. The lowest BCUT2D eigenvalue weighted by atomic mass is 9.78. The lowest BCUT2D eigenvalue weighted by molar-refractivity contribution is -0.0150. The van der Waals surface area contributed by atoms with Gasteiger partial charge in [0.2, 0.25) is 0 Å². The Morgan fingerprint density at radius 2 is 2.08 bits per heavy atom. The third kappa shape index (κ3) is 2.66. The zero-order valence-electron chi connectivity index (χ0n) is 8.62. The van der Waals surface area contributed by atoms with Crippen LogP contribution in [0.1, 0.15) is 39.5 Å². The molecule has 0 heterocycles. The van der Waals surface area contributed by atoms with Crippen LogP contribution in [-0.4, -0.2) is 29.5 Å². The van der Waals surface area contributed by atoms with Gasteiger partial charge in [-0.3, -0.25) is 0 Å². The van der Waals surface area contributed by atoms with E-state index in [1.807, 2.05) is 13.8 Å². The van der Waals surface area contributed by atoms with Crippen molar-refractivity contribution in [2.24, 2.45) is 5.73 Å². The lowest BCUT2D eigenvalue weighted by Gasteiger charge is -2.39. The molecule has 0 aromatic heterocycles. The summed E-state index contributed by atoms with van der Waals surface area (Å²) < 4.78 is 5.51. The number of aliphatic hydroxyl groups is 1. The van der Waals surface area contributed by atoms with Crippen LogP contribution in [0.25, 0.3) is 0 Å². The van der Waals surface area contributed by atoms with Gasteiger partial charge in [-0.15, -0.1) is 0 Å². The summed E-state index contributed by atoms with van der Waals surface area (Å²) in [4.78, 5) is 0. The molecule has 0 aromatic rings. The lowest BCUT2D eigenvalue weighted by Crippen LogP contribution is -2.53. The molecule has 1 aliphatic carbocycles. The van der Waals surface area contributed by atoms with E-state index in [1.165, 1.54) is 0 Å². The summed E-state index contributed by atoms with van der Waals surface area (Å²) in [5.74, 6) is 0. The fourth-order valence-corrected chi connectivity index (χ4v) is 1.96. The van der Waals surface area contributed by atoms with E-state index in [0.717, 1.165) is 25.7 Å². The van der Waals surface area contributed by atoms with Crippen LogP contribution in [0.2, 0.25) is 0 Å². The van der Waals surface area contributed by atoms with Crippen LogP contribution < -0.4 is 5.73 Å². The van der Waals surface area contributed by atoms with Crippen molar-refractivity contribution >= 4 is 0 Å². The van der Waals surface area contributed by atoms with E-state index in [2.05, 4.69) is 0 Å². The van der Waals surface area contributed by atoms with Gasteiger partial charge in [0.1, 0.15) is 0 Å². The Morgan fingerprint density at radius 1 is 1.54 bits per heavy atom. The fraction of sp³-hybridized carbons (Fsp3) is 1.00. The van der Waals surface area contributed by atoms with Crippen LogP contribution >= 0.6 is 0 Å². The van der Waals surface area contributed by atoms with E-state index < -0.39 is 0 Å². The highest BCUT2D eigenvalue weighted by Crippen LogP contribution is 2.30. The Kier molecular flexibility index (Phi) is 3.71. The van der Waals surface area contributed by atoms with Crippen LogP contribution in [0.15, 0.2) is 0 Å². The second-order valence-corrected chi connectivity index (χ2v) is 4.06. The number of aliphatic hydroxyl groups excluding tert-OH is 1. The minimum atomic E-state index is -0.213. The van der Waals surface area contributed by atoms with Crippen molar-refractivity contribution in [3.8, 4) is 0 Å². The largest absolute Gasteiger partial charge is 0.393 e. The first-order valence-electron chi connectivity index (χ1n) is 5.17. The summed E-state index contributed by atoms with van der Waals surface area (Å²) >= 11 is 0. The van der Waals surface area contributed by atoms with Gasteiger partial charge in [0.05, 0.1) is 12.2 Å². The van der Waals surface area contributed by atoms with Crippen molar-refractivity contribution in [3.05, 3.63) is 0 Å². The quantitative estimate of drug-likeness (QED) is 0.694. The number of rotatable bonds is 3. The molecule has 13 heavy (non-hydrogen) atoms. The van der Waals surface area contributed by atoms with Gasteiger partial charge in [0.15, 0.2) is 0 Å². The molecule has 1 unspecified atom stereocenters. The van der Waals surface area contributed by atoms with Crippen molar-refractivity contribution in [1.82, 2.24) is 0 Å². The predicted octanol–water partition coefficient (Wildman–Crippen LogP) is 1.04. The van der Waals surface area contributed by atoms with Gasteiger partial charge in [-0.2, -0.15) is 0 Å². The smallest absolute Gasteiger partial charge is 0.0726 e.